The van der Waals surface area contributed by atoms with E-state index in [0.29, 0.717) is 12.1 Å². The van der Waals surface area contributed by atoms with E-state index in [1.165, 1.54) is 7.05 Å². The van der Waals surface area contributed by atoms with Crippen LogP contribution >= 0.6 is 0 Å². The molecule has 0 fully saturated rings. The van der Waals surface area contributed by atoms with Gasteiger partial charge >= 0.3 is 0 Å². The minimum absolute atomic E-state index is 0.156. The normalized spacial score (nSPS) is 11.6. The monoisotopic (exact) mass is 299 g/mol. The van der Waals surface area contributed by atoms with Crippen LogP contribution in [0.25, 0.3) is 0 Å². The van der Waals surface area contributed by atoms with Crippen molar-refractivity contribution in [3.05, 3.63) is 35.4 Å². The highest BCUT2D eigenvalue weighted by Gasteiger charge is 2.21. The lowest BCUT2D eigenvalue weighted by Crippen LogP contribution is -2.38. The molecule has 0 aromatic heterocycles. The predicted molar refractivity (Wildman–Crippen MR) is 78.3 cm³/mol. The molecule has 0 saturated carbocycles. The maximum atomic E-state index is 12.2. The van der Waals surface area contributed by atoms with E-state index in [1.54, 1.807) is 25.1 Å². The van der Waals surface area contributed by atoms with Crippen molar-refractivity contribution in [1.29, 1.82) is 0 Å². The number of hydrogen-bond donors (Lipinski definition) is 2. The van der Waals surface area contributed by atoms with Gasteiger partial charge in [0.15, 0.2) is 0 Å². The Kier molecular flexibility index (Phi) is 6.12. The number of likely N-dealkylation sites (N-methyl/N-ethyl adjacent to an activating group) is 2. The van der Waals surface area contributed by atoms with Crippen molar-refractivity contribution in [3.63, 3.8) is 0 Å². The summed E-state index contributed by atoms with van der Waals surface area (Å²) in [4.78, 5) is 11.4. The van der Waals surface area contributed by atoms with Crippen LogP contribution in [0.1, 0.15) is 18.1 Å². The molecule has 0 atom stereocenters. The number of benzene rings is 1. The van der Waals surface area contributed by atoms with Gasteiger partial charge in [0.2, 0.25) is 15.9 Å². The van der Waals surface area contributed by atoms with Crippen molar-refractivity contribution in [2.75, 3.05) is 20.1 Å². The van der Waals surface area contributed by atoms with Gasteiger partial charge in [0.25, 0.3) is 0 Å². The second-order valence-electron chi connectivity index (χ2n) is 4.44. The fraction of sp³-hybridized carbons (Fsp3) is 0.462. The van der Waals surface area contributed by atoms with Gasteiger partial charge in [0.1, 0.15) is 0 Å². The molecule has 7 heteroatoms. The minimum atomic E-state index is -3.54. The summed E-state index contributed by atoms with van der Waals surface area (Å²) in [5.74, 6) is -0.471. The molecule has 0 aliphatic heterocycles. The maximum Gasteiger partial charge on any atom is 0.235 e. The lowest BCUT2D eigenvalue weighted by molar-refractivity contribution is -0.121. The van der Waals surface area contributed by atoms with E-state index in [2.05, 4.69) is 5.32 Å². The highest BCUT2D eigenvalue weighted by molar-refractivity contribution is 7.88. The Morgan fingerprint density at radius 1 is 1.30 bits per heavy atom. The molecule has 20 heavy (non-hydrogen) atoms. The number of hydrogen-bond acceptors (Lipinski definition) is 4. The van der Waals surface area contributed by atoms with Crippen LogP contribution in [0.5, 0.6) is 0 Å². The number of sulfonamides is 1. The zero-order valence-electron chi connectivity index (χ0n) is 11.8. The van der Waals surface area contributed by atoms with E-state index in [-0.39, 0.29) is 24.7 Å². The van der Waals surface area contributed by atoms with E-state index in [9.17, 15) is 13.2 Å². The van der Waals surface area contributed by atoms with Crippen LogP contribution in [0.3, 0.4) is 0 Å². The van der Waals surface area contributed by atoms with E-state index in [0.717, 1.165) is 9.87 Å². The molecule has 112 valence electrons. The topological polar surface area (TPSA) is 92.5 Å². The molecule has 0 saturated heterocycles. The first kappa shape index (κ1) is 16.6. The van der Waals surface area contributed by atoms with Gasteiger partial charge in [-0.3, -0.25) is 4.79 Å². The van der Waals surface area contributed by atoms with Gasteiger partial charge in [0.05, 0.1) is 12.3 Å². The largest absolute Gasteiger partial charge is 0.355 e. The van der Waals surface area contributed by atoms with Crippen LogP contribution in [-0.2, 0) is 27.1 Å². The molecule has 6 nitrogen and oxygen atoms in total. The Morgan fingerprint density at radius 3 is 2.45 bits per heavy atom. The van der Waals surface area contributed by atoms with Gasteiger partial charge < -0.3 is 11.1 Å². The van der Waals surface area contributed by atoms with E-state index < -0.39 is 10.0 Å². The third kappa shape index (κ3) is 4.59. The van der Waals surface area contributed by atoms with Gasteiger partial charge in [-0.05, 0) is 18.1 Å². The van der Waals surface area contributed by atoms with Crippen LogP contribution in [-0.4, -0.2) is 38.8 Å². The summed E-state index contributed by atoms with van der Waals surface area (Å²) in [6.07, 6.45) is 0. The summed E-state index contributed by atoms with van der Waals surface area (Å²) in [6, 6.07) is 7.12. The number of nitrogens with two attached hydrogens (primary N) is 1. The first-order valence-electron chi connectivity index (χ1n) is 6.38. The fourth-order valence-corrected chi connectivity index (χ4v) is 2.97. The second-order valence-corrected chi connectivity index (χ2v) is 6.51. The second kappa shape index (κ2) is 7.37. The molecular weight excluding hydrogens is 278 g/mol. The molecular formula is C13H21N3O3S. The van der Waals surface area contributed by atoms with E-state index >= 15 is 0 Å². The molecule has 0 heterocycles. The van der Waals surface area contributed by atoms with Crippen molar-refractivity contribution in [3.8, 4) is 0 Å². The van der Waals surface area contributed by atoms with Gasteiger partial charge in [-0.25, -0.2) is 8.42 Å². The van der Waals surface area contributed by atoms with Crippen molar-refractivity contribution in [1.82, 2.24) is 9.62 Å². The van der Waals surface area contributed by atoms with Gasteiger partial charge in [-0.1, -0.05) is 24.3 Å². The summed E-state index contributed by atoms with van der Waals surface area (Å²) >= 11 is 0. The summed E-state index contributed by atoms with van der Waals surface area (Å²) < 4.78 is 25.5. The Hall–Kier alpha value is -1.44. The van der Waals surface area contributed by atoms with Crippen molar-refractivity contribution in [2.45, 2.75) is 19.2 Å². The average Bonchev–Trinajstić information content (AvgIpc) is 2.39. The van der Waals surface area contributed by atoms with Crippen LogP contribution in [0.2, 0.25) is 0 Å². The lowest BCUT2D eigenvalue weighted by Gasteiger charge is -2.17. The van der Waals surface area contributed by atoms with Crippen molar-refractivity contribution < 1.29 is 13.2 Å². The molecule has 1 rings (SSSR count). The summed E-state index contributed by atoms with van der Waals surface area (Å²) in [5.41, 5.74) is 7.05. The SMILES string of the molecule is CCNC(=O)CN(C)S(=O)(=O)Cc1ccccc1CN. The summed E-state index contributed by atoms with van der Waals surface area (Å²) in [6.45, 7) is 2.36. The van der Waals surface area contributed by atoms with Crippen LogP contribution in [0.4, 0.5) is 0 Å². The van der Waals surface area contributed by atoms with Crippen LogP contribution < -0.4 is 11.1 Å². The molecule has 0 aliphatic rings. The van der Waals surface area contributed by atoms with Crippen LogP contribution in [0, 0.1) is 0 Å². The number of carbonyl (C=O) groups excluding carboxylic acids is 1. The van der Waals surface area contributed by atoms with Crippen LogP contribution in [0.15, 0.2) is 24.3 Å². The quantitative estimate of drug-likeness (QED) is 0.743. The number of nitrogens with zero attached hydrogens (tertiary/aromatic N) is 1. The molecule has 1 amide bonds. The van der Waals surface area contributed by atoms with E-state index in [4.69, 9.17) is 5.73 Å². The zero-order valence-corrected chi connectivity index (χ0v) is 12.6. The highest BCUT2D eigenvalue weighted by atomic mass is 32.2. The Bertz CT molecular complexity index is 558. The molecule has 1 aromatic carbocycles. The van der Waals surface area contributed by atoms with Gasteiger partial charge in [0, 0.05) is 20.1 Å². The van der Waals surface area contributed by atoms with Crippen molar-refractivity contribution in [2.24, 2.45) is 5.73 Å². The standard InChI is InChI=1S/C13H21N3O3S/c1-3-15-13(17)9-16(2)20(18,19)10-12-7-5-4-6-11(12)8-14/h4-7H,3,8-10,14H2,1-2H3,(H,15,17). The first-order valence-corrected chi connectivity index (χ1v) is 7.99. The number of nitrogens with one attached hydrogen (secondary N) is 1. The third-order valence-electron chi connectivity index (χ3n) is 2.89. The zero-order chi connectivity index (χ0) is 15.2. The van der Waals surface area contributed by atoms with Crippen molar-refractivity contribution >= 4 is 15.9 Å². The first-order chi connectivity index (χ1) is 9.40. The Morgan fingerprint density at radius 2 is 1.90 bits per heavy atom. The predicted octanol–water partition coefficient (Wildman–Crippen LogP) is 0.0430. The highest BCUT2D eigenvalue weighted by Crippen LogP contribution is 2.14. The maximum absolute atomic E-state index is 12.2. The Labute approximate surface area is 120 Å². The molecule has 0 spiro atoms. The molecule has 0 bridgehead atoms. The summed E-state index contributed by atoms with van der Waals surface area (Å²) in [5, 5.41) is 2.57. The van der Waals surface area contributed by atoms with Gasteiger partial charge in [-0.2, -0.15) is 4.31 Å². The molecule has 0 unspecified atom stereocenters. The Balaban J connectivity index is 2.81. The number of carbonyl (C=O) groups is 1. The number of amides is 1. The number of rotatable bonds is 7. The molecule has 0 radical (unpaired) electrons. The summed E-state index contributed by atoms with van der Waals surface area (Å²) in [7, 11) is -2.14. The molecule has 1 aromatic rings. The third-order valence-corrected chi connectivity index (χ3v) is 4.65. The smallest absolute Gasteiger partial charge is 0.235 e. The molecule has 0 aliphatic carbocycles. The molecule has 3 N–H and O–H groups in total. The minimum Gasteiger partial charge on any atom is -0.355 e. The fourth-order valence-electron chi connectivity index (χ4n) is 1.76. The van der Waals surface area contributed by atoms with E-state index in [1.807, 2.05) is 6.07 Å². The van der Waals surface area contributed by atoms with Gasteiger partial charge in [-0.15, -0.1) is 0 Å². The average molecular weight is 299 g/mol. The lowest BCUT2D eigenvalue weighted by atomic mass is 10.1.